The lowest BCUT2D eigenvalue weighted by Gasteiger charge is -2.49. The Morgan fingerprint density at radius 3 is 2.71 bits per heavy atom. The first-order valence-electron chi connectivity index (χ1n) is 10.2. The smallest absolute Gasteiger partial charge is 0.370 e. The van der Waals surface area contributed by atoms with Crippen LogP contribution in [0.1, 0.15) is 75.5 Å². The van der Waals surface area contributed by atoms with Crippen LogP contribution in [0.4, 0.5) is 0 Å². The molecule has 0 radical (unpaired) electrons. The van der Waals surface area contributed by atoms with Crippen LogP contribution in [-0.4, -0.2) is 8.42 Å². The van der Waals surface area contributed by atoms with Crippen LogP contribution in [0.15, 0.2) is 23.8 Å². The van der Waals surface area contributed by atoms with Crippen molar-refractivity contribution in [3.05, 3.63) is 40.5 Å². The van der Waals surface area contributed by atoms with Crippen LogP contribution < -0.4 is 9.32 Å². The van der Waals surface area contributed by atoms with Gasteiger partial charge in [0.25, 0.3) is 0 Å². The fourth-order valence-electron chi connectivity index (χ4n) is 6.35. The van der Waals surface area contributed by atoms with E-state index in [1.54, 1.807) is 12.5 Å². The summed E-state index contributed by atoms with van der Waals surface area (Å²) in [6, 6.07) is 3.92. The number of hydrogen-bond acceptors (Lipinski definition) is 3. The molecule has 0 spiro atoms. The monoisotopic (exact) mass is 399 g/mol. The normalized spacial score (nSPS) is 32.7. The van der Waals surface area contributed by atoms with Crippen LogP contribution >= 0.6 is 0 Å². The summed E-state index contributed by atoms with van der Waals surface area (Å²) in [6.07, 6.45) is 9.39. The molecule has 1 aromatic carbocycles. The topological polar surface area (TPSA) is 69.4 Å². The number of benzene rings is 1. The van der Waals surface area contributed by atoms with Gasteiger partial charge in [-0.15, -0.1) is 5.92 Å². The van der Waals surface area contributed by atoms with E-state index in [0.29, 0.717) is 22.8 Å². The SMILES string of the molecule is CC#Cc1cc2c(cc1OS(N)(=O)=O)CCC1C2CC[C@]2(C)/C(=C\C)CCC12. The molecule has 0 aromatic heterocycles. The largest absolute Gasteiger partial charge is 0.380 e. The van der Waals surface area contributed by atoms with E-state index < -0.39 is 10.3 Å². The van der Waals surface area contributed by atoms with Crippen LogP contribution in [0.5, 0.6) is 5.75 Å². The van der Waals surface area contributed by atoms with Crippen molar-refractivity contribution in [2.24, 2.45) is 22.4 Å². The summed E-state index contributed by atoms with van der Waals surface area (Å²) in [7, 11) is -4.07. The predicted molar refractivity (Wildman–Crippen MR) is 111 cm³/mol. The molecule has 3 aliphatic rings. The number of aryl methyl sites for hydroxylation is 1. The third kappa shape index (κ3) is 3.17. The minimum Gasteiger partial charge on any atom is -0.370 e. The van der Waals surface area contributed by atoms with Crippen LogP contribution in [-0.2, 0) is 16.7 Å². The maximum atomic E-state index is 11.5. The fourth-order valence-corrected chi connectivity index (χ4v) is 6.74. The van der Waals surface area contributed by atoms with Gasteiger partial charge in [-0.25, -0.2) is 0 Å². The molecule has 0 heterocycles. The molecule has 3 aliphatic carbocycles. The van der Waals surface area contributed by atoms with Crippen molar-refractivity contribution in [3.8, 4) is 17.6 Å². The minimum absolute atomic E-state index is 0.256. The van der Waals surface area contributed by atoms with Crippen molar-refractivity contribution in [1.82, 2.24) is 0 Å². The third-order valence-corrected chi connectivity index (χ3v) is 7.90. The predicted octanol–water partition coefficient (Wildman–Crippen LogP) is 4.44. The summed E-state index contributed by atoms with van der Waals surface area (Å²) in [5, 5.41) is 5.11. The van der Waals surface area contributed by atoms with E-state index in [0.717, 1.165) is 18.8 Å². The first-order chi connectivity index (χ1) is 13.3. The van der Waals surface area contributed by atoms with E-state index in [4.69, 9.17) is 9.32 Å². The van der Waals surface area contributed by atoms with E-state index >= 15 is 0 Å². The maximum Gasteiger partial charge on any atom is 0.380 e. The molecule has 4 atom stereocenters. The van der Waals surface area contributed by atoms with Crippen molar-refractivity contribution in [1.29, 1.82) is 0 Å². The molecule has 1 aromatic rings. The van der Waals surface area contributed by atoms with Gasteiger partial charge in [-0.2, -0.15) is 13.6 Å². The highest BCUT2D eigenvalue weighted by atomic mass is 32.2. The van der Waals surface area contributed by atoms with Crippen molar-refractivity contribution in [2.75, 3.05) is 0 Å². The molecule has 2 saturated carbocycles. The van der Waals surface area contributed by atoms with Gasteiger partial charge in [-0.05, 0) is 98.8 Å². The second-order valence-corrected chi connectivity index (χ2v) is 9.87. The van der Waals surface area contributed by atoms with E-state index in [-0.39, 0.29) is 5.75 Å². The average molecular weight is 400 g/mol. The molecule has 3 unspecified atom stereocenters. The van der Waals surface area contributed by atoms with Crippen molar-refractivity contribution in [2.45, 2.75) is 65.2 Å². The maximum absolute atomic E-state index is 11.5. The third-order valence-electron chi connectivity index (χ3n) is 7.49. The molecule has 2 fully saturated rings. The summed E-state index contributed by atoms with van der Waals surface area (Å²) >= 11 is 0. The van der Waals surface area contributed by atoms with E-state index in [9.17, 15) is 8.42 Å². The fraction of sp³-hybridized carbons (Fsp3) is 0.565. The van der Waals surface area contributed by atoms with Crippen molar-refractivity contribution >= 4 is 10.3 Å². The highest BCUT2D eigenvalue weighted by molar-refractivity contribution is 7.84. The van der Waals surface area contributed by atoms with Crippen LogP contribution in [0.2, 0.25) is 0 Å². The lowest BCUT2D eigenvalue weighted by atomic mass is 9.55. The van der Waals surface area contributed by atoms with Gasteiger partial charge >= 0.3 is 10.3 Å². The van der Waals surface area contributed by atoms with Crippen LogP contribution in [0, 0.1) is 29.1 Å². The molecule has 0 saturated heterocycles. The molecule has 0 amide bonds. The van der Waals surface area contributed by atoms with Crippen molar-refractivity contribution in [3.63, 3.8) is 0 Å². The Hall–Kier alpha value is -1.77. The van der Waals surface area contributed by atoms with E-state index in [1.165, 1.54) is 36.8 Å². The Kier molecular flexibility index (Phi) is 4.84. The summed E-state index contributed by atoms with van der Waals surface area (Å²) in [5.41, 5.74) is 5.15. The standard InChI is InChI=1S/C23H29NO3S/c1-4-6-16-13-20-15(14-22(16)27-28(24,25)26)7-9-19-18(20)11-12-23(3)17(5-2)8-10-21(19)23/h5,13-14,18-19,21H,7-12H2,1-3H3,(H2,24,25,26)/b17-5-/t18?,19?,21?,23-/m1/s1. The number of nitrogens with two attached hydrogens (primary N) is 1. The second-order valence-electron chi connectivity index (χ2n) is 8.72. The Morgan fingerprint density at radius 1 is 1.25 bits per heavy atom. The van der Waals surface area contributed by atoms with E-state index in [2.05, 4.69) is 37.8 Å². The van der Waals surface area contributed by atoms with E-state index in [1.807, 2.05) is 6.07 Å². The zero-order chi connectivity index (χ0) is 20.1. The van der Waals surface area contributed by atoms with Gasteiger partial charge in [0.1, 0.15) is 0 Å². The summed E-state index contributed by atoms with van der Waals surface area (Å²) in [6.45, 7) is 6.41. The summed E-state index contributed by atoms with van der Waals surface area (Å²) < 4.78 is 28.0. The Labute approximate surface area is 168 Å². The molecule has 4 rings (SSSR count). The summed E-state index contributed by atoms with van der Waals surface area (Å²) in [5.74, 6) is 8.10. The average Bonchev–Trinajstić information content (AvgIpc) is 2.97. The van der Waals surface area contributed by atoms with Gasteiger partial charge in [-0.3, -0.25) is 0 Å². The van der Waals surface area contributed by atoms with Crippen molar-refractivity contribution < 1.29 is 12.6 Å². The highest BCUT2D eigenvalue weighted by Crippen LogP contribution is 2.62. The van der Waals surface area contributed by atoms with Crippen LogP contribution in [0.3, 0.4) is 0 Å². The van der Waals surface area contributed by atoms with Gasteiger partial charge in [0, 0.05) is 0 Å². The van der Waals surface area contributed by atoms with Gasteiger partial charge in [-0.1, -0.05) is 24.5 Å². The molecule has 28 heavy (non-hydrogen) atoms. The van der Waals surface area contributed by atoms with Gasteiger partial charge in [0.2, 0.25) is 0 Å². The first kappa shape index (κ1) is 19.5. The molecular formula is C23H29NO3S. The number of fused-ring (bicyclic) bond motifs is 5. The van der Waals surface area contributed by atoms with Gasteiger partial charge in [0.15, 0.2) is 5.75 Å². The quantitative estimate of drug-likeness (QED) is 0.590. The first-order valence-corrected chi connectivity index (χ1v) is 11.7. The Balaban J connectivity index is 1.74. The number of rotatable bonds is 2. The molecule has 5 heteroatoms. The minimum atomic E-state index is -4.07. The number of allylic oxidation sites excluding steroid dienone is 2. The molecule has 0 aliphatic heterocycles. The molecule has 4 nitrogen and oxygen atoms in total. The second kappa shape index (κ2) is 6.93. The summed E-state index contributed by atoms with van der Waals surface area (Å²) in [4.78, 5) is 0. The van der Waals surface area contributed by atoms with Gasteiger partial charge < -0.3 is 4.18 Å². The molecule has 2 N–H and O–H groups in total. The van der Waals surface area contributed by atoms with Gasteiger partial charge in [0.05, 0.1) is 5.56 Å². The van der Waals surface area contributed by atoms with Crippen LogP contribution in [0.25, 0.3) is 0 Å². The lowest BCUT2D eigenvalue weighted by Crippen LogP contribution is -2.40. The molecule has 150 valence electrons. The molecule has 0 bridgehead atoms. The Morgan fingerprint density at radius 2 is 2.04 bits per heavy atom. The number of hydrogen-bond donors (Lipinski definition) is 1. The molecular weight excluding hydrogens is 370 g/mol. The zero-order valence-electron chi connectivity index (χ0n) is 16.9. The zero-order valence-corrected chi connectivity index (χ0v) is 17.7. The Bertz CT molecular complexity index is 999. The lowest BCUT2D eigenvalue weighted by molar-refractivity contribution is 0.0813. The highest BCUT2D eigenvalue weighted by Gasteiger charge is 2.52.